The van der Waals surface area contributed by atoms with E-state index in [1.165, 1.54) is 28.8 Å². The zero-order chi connectivity index (χ0) is 14.3. The molecule has 0 atom stereocenters. The van der Waals surface area contributed by atoms with Gasteiger partial charge in [-0.15, -0.1) is 0 Å². The molecule has 0 spiro atoms. The molecule has 0 unspecified atom stereocenters. The maximum absolute atomic E-state index is 12.1. The van der Waals surface area contributed by atoms with Gasteiger partial charge in [0, 0.05) is 25.5 Å². The Morgan fingerprint density at radius 2 is 2.21 bits per heavy atom. The highest BCUT2D eigenvalue weighted by Crippen LogP contribution is 1.93. The third-order valence-corrected chi connectivity index (χ3v) is 2.49. The van der Waals surface area contributed by atoms with Crippen LogP contribution in [0.5, 0.6) is 0 Å². The Balaban J connectivity index is 2.73. The summed E-state index contributed by atoms with van der Waals surface area (Å²) >= 11 is 0. The number of Topliss-reactive ketones (excluding diaryl/α,β-unsaturated/α-hetero) is 1. The number of ketones is 1. The van der Waals surface area contributed by atoms with Gasteiger partial charge in [-0.2, -0.15) is 0 Å². The van der Waals surface area contributed by atoms with Gasteiger partial charge in [0.15, 0.2) is 0 Å². The molecule has 0 aromatic carbocycles. The van der Waals surface area contributed by atoms with E-state index in [2.05, 4.69) is 10.3 Å². The third kappa shape index (κ3) is 5.01. The van der Waals surface area contributed by atoms with Crippen LogP contribution in [0.1, 0.15) is 6.92 Å². The summed E-state index contributed by atoms with van der Waals surface area (Å²) in [5.74, 6) is -0.372. The van der Waals surface area contributed by atoms with Crippen molar-refractivity contribution in [2.24, 2.45) is 0 Å². The normalized spacial score (nSPS) is 10.2. The van der Waals surface area contributed by atoms with Gasteiger partial charge in [-0.1, -0.05) is 0 Å². The molecule has 1 heterocycles. The van der Waals surface area contributed by atoms with E-state index in [1.807, 2.05) is 0 Å². The van der Waals surface area contributed by atoms with Crippen molar-refractivity contribution in [1.29, 1.82) is 0 Å². The molecule has 0 saturated heterocycles. The smallest absolute Gasteiger partial charge is 0.333 e. The standard InChI is InChI=1S/C12H18N4O3/c1-10(17)8-15(7-5-13-2)11(18)9-16-6-3-4-14-12(16)19/h3-4,6,13H,5,7-9H2,1-2H3. The van der Waals surface area contributed by atoms with Gasteiger partial charge >= 0.3 is 5.69 Å². The van der Waals surface area contributed by atoms with E-state index < -0.39 is 5.69 Å². The first-order valence-electron chi connectivity index (χ1n) is 5.98. The van der Waals surface area contributed by atoms with Gasteiger partial charge in [0.1, 0.15) is 12.3 Å². The lowest BCUT2D eigenvalue weighted by Gasteiger charge is -2.21. The summed E-state index contributed by atoms with van der Waals surface area (Å²) in [5, 5.41) is 2.92. The van der Waals surface area contributed by atoms with Crippen LogP contribution in [-0.2, 0) is 16.1 Å². The fraction of sp³-hybridized carbons (Fsp3) is 0.500. The van der Waals surface area contributed by atoms with E-state index in [0.29, 0.717) is 13.1 Å². The van der Waals surface area contributed by atoms with Crippen molar-refractivity contribution in [3.8, 4) is 0 Å². The number of hydrogen-bond donors (Lipinski definition) is 1. The van der Waals surface area contributed by atoms with E-state index in [1.54, 1.807) is 13.1 Å². The Morgan fingerprint density at radius 1 is 1.47 bits per heavy atom. The van der Waals surface area contributed by atoms with Crippen LogP contribution in [0.3, 0.4) is 0 Å². The van der Waals surface area contributed by atoms with Crippen LogP contribution < -0.4 is 11.0 Å². The zero-order valence-corrected chi connectivity index (χ0v) is 11.1. The Labute approximate surface area is 111 Å². The second kappa shape index (κ2) is 7.42. The van der Waals surface area contributed by atoms with Crippen LogP contribution in [0.4, 0.5) is 0 Å². The minimum Gasteiger partial charge on any atom is -0.333 e. The van der Waals surface area contributed by atoms with Gasteiger partial charge in [0.05, 0.1) is 6.54 Å². The molecule has 0 fully saturated rings. The first-order chi connectivity index (χ1) is 9.04. The number of carbonyl (C=O) groups excluding carboxylic acids is 2. The van der Waals surface area contributed by atoms with Gasteiger partial charge in [0.25, 0.3) is 0 Å². The monoisotopic (exact) mass is 266 g/mol. The molecule has 19 heavy (non-hydrogen) atoms. The molecule has 1 aromatic heterocycles. The van der Waals surface area contributed by atoms with Gasteiger partial charge in [0.2, 0.25) is 5.91 Å². The summed E-state index contributed by atoms with van der Waals surface area (Å²) in [6, 6.07) is 1.58. The van der Waals surface area contributed by atoms with Crippen LogP contribution in [-0.4, -0.2) is 52.8 Å². The molecule has 1 rings (SSSR count). The second-order valence-corrected chi connectivity index (χ2v) is 4.15. The number of hydrogen-bond acceptors (Lipinski definition) is 5. The minimum atomic E-state index is -0.479. The molecule has 0 aliphatic rings. The topological polar surface area (TPSA) is 84.3 Å². The van der Waals surface area contributed by atoms with Gasteiger partial charge in [-0.05, 0) is 20.0 Å². The van der Waals surface area contributed by atoms with Gasteiger partial charge < -0.3 is 10.2 Å². The number of nitrogens with zero attached hydrogens (tertiary/aromatic N) is 3. The van der Waals surface area contributed by atoms with Crippen LogP contribution in [0.25, 0.3) is 0 Å². The lowest BCUT2D eigenvalue weighted by atomic mass is 10.3. The molecule has 0 radical (unpaired) electrons. The van der Waals surface area contributed by atoms with Gasteiger partial charge in [-0.3, -0.25) is 14.2 Å². The van der Waals surface area contributed by atoms with E-state index >= 15 is 0 Å². The predicted molar refractivity (Wildman–Crippen MR) is 69.7 cm³/mol. The SMILES string of the molecule is CNCCN(CC(C)=O)C(=O)Cn1cccnc1=O. The Morgan fingerprint density at radius 3 is 2.79 bits per heavy atom. The maximum atomic E-state index is 12.1. The highest BCUT2D eigenvalue weighted by atomic mass is 16.2. The molecule has 7 heteroatoms. The average molecular weight is 266 g/mol. The molecule has 0 bridgehead atoms. The quantitative estimate of drug-likeness (QED) is 0.676. The molecule has 1 amide bonds. The fourth-order valence-electron chi connectivity index (χ4n) is 1.56. The third-order valence-electron chi connectivity index (χ3n) is 2.49. The minimum absolute atomic E-state index is 0.0511. The average Bonchev–Trinajstić information content (AvgIpc) is 2.36. The lowest BCUT2D eigenvalue weighted by Crippen LogP contribution is -2.42. The summed E-state index contributed by atoms with van der Waals surface area (Å²) in [6.07, 6.45) is 2.87. The molecule has 0 aliphatic heterocycles. The highest BCUT2D eigenvalue weighted by Gasteiger charge is 2.15. The van der Waals surface area contributed by atoms with Crippen molar-refractivity contribution in [2.75, 3.05) is 26.7 Å². The summed E-state index contributed by atoms with van der Waals surface area (Å²) in [7, 11) is 1.77. The molecule has 0 saturated carbocycles. The highest BCUT2D eigenvalue weighted by molar-refractivity contribution is 5.84. The van der Waals surface area contributed by atoms with Crippen molar-refractivity contribution in [1.82, 2.24) is 19.8 Å². The number of carbonyl (C=O) groups is 2. The molecular weight excluding hydrogens is 248 g/mol. The number of likely N-dealkylation sites (N-methyl/N-ethyl adjacent to an activating group) is 1. The molecule has 0 aliphatic carbocycles. The number of amides is 1. The zero-order valence-electron chi connectivity index (χ0n) is 11.1. The van der Waals surface area contributed by atoms with Crippen LogP contribution >= 0.6 is 0 Å². The molecule has 1 aromatic rings. The fourth-order valence-corrected chi connectivity index (χ4v) is 1.56. The summed E-state index contributed by atoms with van der Waals surface area (Å²) in [6.45, 7) is 2.37. The number of rotatable bonds is 7. The second-order valence-electron chi connectivity index (χ2n) is 4.15. The molecule has 104 valence electrons. The van der Waals surface area contributed by atoms with E-state index in [9.17, 15) is 14.4 Å². The summed E-state index contributed by atoms with van der Waals surface area (Å²) in [4.78, 5) is 39.6. The summed E-state index contributed by atoms with van der Waals surface area (Å²) < 4.78 is 1.22. The predicted octanol–water partition coefficient (Wildman–Crippen LogP) is -1.12. The maximum Gasteiger partial charge on any atom is 0.347 e. The molecule has 7 nitrogen and oxygen atoms in total. The van der Waals surface area contributed by atoms with Crippen LogP contribution in [0, 0.1) is 0 Å². The Bertz CT molecular complexity index is 498. The Hall–Kier alpha value is -2.02. The van der Waals surface area contributed by atoms with Crippen molar-refractivity contribution >= 4 is 11.7 Å². The van der Waals surface area contributed by atoms with Gasteiger partial charge in [-0.25, -0.2) is 9.78 Å². The van der Waals surface area contributed by atoms with Crippen LogP contribution in [0.2, 0.25) is 0 Å². The van der Waals surface area contributed by atoms with Crippen molar-refractivity contribution < 1.29 is 9.59 Å². The summed E-state index contributed by atoms with van der Waals surface area (Å²) in [5.41, 5.74) is -0.479. The van der Waals surface area contributed by atoms with Crippen LogP contribution in [0.15, 0.2) is 23.3 Å². The largest absolute Gasteiger partial charge is 0.347 e. The first kappa shape index (κ1) is 15.0. The van der Waals surface area contributed by atoms with E-state index in [-0.39, 0.29) is 24.8 Å². The van der Waals surface area contributed by atoms with E-state index in [0.717, 1.165) is 0 Å². The van der Waals surface area contributed by atoms with Crippen molar-refractivity contribution in [3.63, 3.8) is 0 Å². The number of nitrogens with one attached hydrogen (secondary N) is 1. The molecule has 1 N–H and O–H groups in total. The molecular formula is C12H18N4O3. The Kier molecular flexibility index (Phi) is 5.87. The van der Waals surface area contributed by atoms with E-state index in [4.69, 9.17) is 0 Å². The first-order valence-corrected chi connectivity index (χ1v) is 5.98. The number of aromatic nitrogens is 2. The van der Waals surface area contributed by atoms with Crippen molar-refractivity contribution in [3.05, 3.63) is 28.9 Å². The van der Waals surface area contributed by atoms with Crippen molar-refractivity contribution in [2.45, 2.75) is 13.5 Å². The lowest BCUT2D eigenvalue weighted by molar-refractivity contribution is -0.135.